The Bertz CT molecular complexity index is 719. The molecule has 1 aromatic carbocycles. The number of carbonyl (C=O) groups excluding carboxylic acids is 2. The Morgan fingerprint density at radius 1 is 1.25 bits per heavy atom. The molecule has 128 valence electrons. The van der Waals surface area contributed by atoms with E-state index in [9.17, 15) is 19.1 Å². The number of hydrogen-bond donors (Lipinski definition) is 1. The molecule has 4 nitrogen and oxygen atoms in total. The fraction of sp³-hybridized carbons (Fsp3) is 0.474. The number of Topliss-reactive ketones (excluding diaryl/α,β-unsaturated/α-hetero) is 1. The summed E-state index contributed by atoms with van der Waals surface area (Å²) in [7, 11) is 0. The minimum Gasteiger partial charge on any atom is -0.503 e. The van der Waals surface area contributed by atoms with Crippen molar-refractivity contribution in [3.63, 3.8) is 0 Å². The molecule has 3 rings (SSSR count). The van der Waals surface area contributed by atoms with Crippen molar-refractivity contribution >= 4 is 17.4 Å². The number of benzene rings is 1. The molecule has 0 aromatic heterocycles. The van der Waals surface area contributed by atoms with Crippen molar-refractivity contribution in [2.45, 2.75) is 52.0 Å². The molecule has 0 saturated heterocycles. The van der Waals surface area contributed by atoms with E-state index >= 15 is 0 Å². The topological polar surface area (TPSA) is 57.6 Å². The molecule has 1 fully saturated rings. The third-order valence-electron chi connectivity index (χ3n) is 5.15. The average molecular weight is 331 g/mol. The van der Waals surface area contributed by atoms with E-state index in [2.05, 4.69) is 0 Å². The first kappa shape index (κ1) is 16.7. The van der Waals surface area contributed by atoms with Gasteiger partial charge in [0.25, 0.3) is 5.91 Å². The van der Waals surface area contributed by atoms with Crippen molar-refractivity contribution in [1.29, 1.82) is 0 Å². The molecule has 24 heavy (non-hydrogen) atoms. The number of nitrogens with zero attached hydrogens (tertiary/aromatic N) is 1. The van der Waals surface area contributed by atoms with Gasteiger partial charge in [0.05, 0.1) is 11.6 Å². The van der Waals surface area contributed by atoms with Gasteiger partial charge in [-0.25, -0.2) is 4.39 Å². The number of hydrogen-bond acceptors (Lipinski definition) is 3. The van der Waals surface area contributed by atoms with Gasteiger partial charge in [0.2, 0.25) is 0 Å². The molecule has 5 heteroatoms. The molecule has 1 aliphatic carbocycles. The third kappa shape index (κ3) is 2.72. The highest BCUT2D eigenvalue weighted by Crippen LogP contribution is 2.40. The quantitative estimate of drug-likeness (QED) is 0.916. The average Bonchev–Trinajstić information content (AvgIpc) is 2.83. The minimum absolute atomic E-state index is 0.136. The first-order valence-electron chi connectivity index (χ1n) is 8.45. The molecule has 1 amide bonds. The van der Waals surface area contributed by atoms with E-state index in [-0.39, 0.29) is 23.1 Å². The van der Waals surface area contributed by atoms with Crippen LogP contribution in [0.4, 0.5) is 10.1 Å². The Balaban J connectivity index is 2.07. The van der Waals surface area contributed by atoms with Crippen LogP contribution in [0.5, 0.6) is 0 Å². The summed E-state index contributed by atoms with van der Waals surface area (Å²) in [5.74, 6) is -1.51. The monoisotopic (exact) mass is 331 g/mol. The van der Waals surface area contributed by atoms with Crippen molar-refractivity contribution in [3.8, 4) is 0 Å². The van der Waals surface area contributed by atoms with Crippen molar-refractivity contribution in [2.24, 2.45) is 5.92 Å². The lowest BCUT2D eigenvalue weighted by atomic mass is 9.80. The first-order valence-corrected chi connectivity index (χ1v) is 8.45. The van der Waals surface area contributed by atoms with Crippen LogP contribution in [-0.2, 0) is 9.59 Å². The Kier molecular flexibility index (Phi) is 4.43. The molecule has 1 unspecified atom stereocenters. The second-order valence-corrected chi connectivity index (χ2v) is 6.77. The smallest absolute Gasteiger partial charge is 0.294 e. The number of ketones is 1. The van der Waals surface area contributed by atoms with Crippen molar-refractivity contribution < 1.29 is 19.1 Å². The summed E-state index contributed by atoms with van der Waals surface area (Å²) >= 11 is 0. The lowest BCUT2D eigenvalue weighted by Crippen LogP contribution is -2.42. The number of aryl methyl sites for hydroxylation is 1. The molecule has 2 aliphatic rings. The minimum atomic E-state index is -0.568. The van der Waals surface area contributed by atoms with Gasteiger partial charge in [-0.2, -0.15) is 0 Å². The number of halogens is 1. The van der Waals surface area contributed by atoms with Gasteiger partial charge < -0.3 is 5.11 Å². The Morgan fingerprint density at radius 3 is 2.50 bits per heavy atom. The fourth-order valence-electron chi connectivity index (χ4n) is 3.95. The first-order chi connectivity index (χ1) is 11.4. The Labute approximate surface area is 141 Å². The maximum absolute atomic E-state index is 13.6. The van der Waals surface area contributed by atoms with Crippen LogP contribution in [0.3, 0.4) is 0 Å². The number of anilines is 1. The predicted octanol–water partition coefficient (Wildman–Crippen LogP) is 3.83. The summed E-state index contributed by atoms with van der Waals surface area (Å²) in [5, 5.41) is 10.3. The maximum atomic E-state index is 13.6. The summed E-state index contributed by atoms with van der Waals surface area (Å²) in [5.41, 5.74) is 1.16. The van der Waals surface area contributed by atoms with Crippen molar-refractivity contribution in [1.82, 2.24) is 0 Å². The zero-order valence-corrected chi connectivity index (χ0v) is 14.0. The zero-order valence-electron chi connectivity index (χ0n) is 14.0. The molecule has 1 aliphatic heterocycles. The van der Waals surface area contributed by atoms with Gasteiger partial charge in [-0.3, -0.25) is 14.5 Å². The maximum Gasteiger partial charge on any atom is 0.294 e. The highest BCUT2D eigenvalue weighted by atomic mass is 19.1. The highest BCUT2D eigenvalue weighted by Gasteiger charge is 2.46. The molecule has 1 N–H and O–H groups in total. The molecule has 1 aromatic rings. The molecular formula is C19H22FNO3. The van der Waals surface area contributed by atoms with Gasteiger partial charge >= 0.3 is 0 Å². The molecule has 1 heterocycles. The molecule has 1 saturated carbocycles. The van der Waals surface area contributed by atoms with Crippen LogP contribution in [0.25, 0.3) is 0 Å². The standard InChI is InChI=1S/C19H22FNO3/c1-11-10-14(8-9-15(11)20)21-17(13-6-4-3-5-7-13)16(12(2)22)18(23)19(21)24/h8-10,13,17,23H,3-7H2,1-2H3. The number of rotatable bonds is 3. The van der Waals surface area contributed by atoms with E-state index in [1.54, 1.807) is 13.0 Å². The van der Waals surface area contributed by atoms with Crippen LogP contribution in [0, 0.1) is 18.7 Å². The van der Waals surface area contributed by atoms with Crippen LogP contribution in [0.2, 0.25) is 0 Å². The van der Waals surface area contributed by atoms with Crippen LogP contribution < -0.4 is 4.90 Å². The van der Waals surface area contributed by atoms with Crippen LogP contribution >= 0.6 is 0 Å². The third-order valence-corrected chi connectivity index (χ3v) is 5.15. The summed E-state index contributed by atoms with van der Waals surface area (Å²) in [6.07, 6.45) is 5.09. The normalized spacial score (nSPS) is 22.4. The lowest BCUT2D eigenvalue weighted by Gasteiger charge is -2.35. The highest BCUT2D eigenvalue weighted by molar-refractivity contribution is 6.16. The van der Waals surface area contributed by atoms with E-state index in [1.807, 2.05) is 0 Å². The van der Waals surface area contributed by atoms with Crippen molar-refractivity contribution in [2.75, 3.05) is 4.90 Å². The Morgan fingerprint density at radius 2 is 1.92 bits per heavy atom. The second-order valence-electron chi connectivity index (χ2n) is 6.77. The summed E-state index contributed by atoms with van der Waals surface area (Å²) in [4.78, 5) is 26.2. The SMILES string of the molecule is CC(=O)C1=C(O)C(=O)N(c2ccc(F)c(C)c2)C1C1CCCCC1. The fourth-order valence-corrected chi connectivity index (χ4v) is 3.95. The molecule has 0 bridgehead atoms. The summed E-state index contributed by atoms with van der Waals surface area (Å²) in [6.45, 7) is 3.02. The zero-order chi connectivity index (χ0) is 17.4. The number of aliphatic hydroxyl groups excluding tert-OH is 1. The van der Waals surface area contributed by atoms with Gasteiger partial charge in [-0.1, -0.05) is 19.3 Å². The van der Waals surface area contributed by atoms with E-state index in [4.69, 9.17) is 0 Å². The summed E-state index contributed by atoms with van der Waals surface area (Å²) < 4.78 is 13.6. The van der Waals surface area contributed by atoms with Gasteiger partial charge in [0.1, 0.15) is 5.82 Å². The second kappa shape index (κ2) is 6.38. The lowest BCUT2D eigenvalue weighted by molar-refractivity contribution is -0.117. The van der Waals surface area contributed by atoms with E-state index < -0.39 is 17.7 Å². The van der Waals surface area contributed by atoms with E-state index in [0.29, 0.717) is 11.3 Å². The van der Waals surface area contributed by atoms with Gasteiger partial charge in [0, 0.05) is 5.69 Å². The van der Waals surface area contributed by atoms with Crippen molar-refractivity contribution in [3.05, 3.63) is 40.9 Å². The molecule has 0 spiro atoms. The Hall–Kier alpha value is -2.17. The molecule has 1 atom stereocenters. The summed E-state index contributed by atoms with van der Waals surface area (Å²) in [6, 6.07) is 3.99. The number of carbonyl (C=O) groups is 2. The van der Waals surface area contributed by atoms with E-state index in [0.717, 1.165) is 32.1 Å². The van der Waals surface area contributed by atoms with Gasteiger partial charge in [-0.05, 0) is 56.4 Å². The van der Waals surface area contributed by atoms with Gasteiger partial charge in [0.15, 0.2) is 11.5 Å². The van der Waals surface area contributed by atoms with Crippen LogP contribution in [0.1, 0.15) is 44.6 Å². The van der Waals surface area contributed by atoms with Gasteiger partial charge in [-0.15, -0.1) is 0 Å². The number of aliphatic hydroxyl groups is 1. The molecule has 0 radical (unpaired) electrons. The predicted molar refractivity (Wildman–Crippen MR) is 89.3 cm³/mol. The molecular weight excluding hydrogens is 309 g/mol. The van der Waals surface area contributed by atoms with E-state index in [1.165, 1.54) is 24.0 Å². The van der Waals surface area contributed by atoms with Crippen LogP contribution in [0.15, 0.2) is 29.5 Å². The largest absolute Gasteiger partial charge is 0.503 e. The number of amides is 1. The van der Waals surface area contributed by atoms with Crippen LogP contribution in [-0.4, -0.2) is 22.8 Å².